The molecule has 8 nitrogen and oxygen atoms in total. The first-order valence-electron chi connectivity index (χ1n) is 12.4. The van der Waals surface area contributed by atoms with Crippen LogP contribution in [0.4, 0.5) is 23.4 Å². The molecule has 0 atom stereocenters. The van der Waals surface area contributed by atoms with Crippen LogP contribution in [0.25, 0.3) is 5.57 Å². The Kier molecular flexibility index (Phi) is 8.06. The summed E-state index contributed by atoms with van der Waals surface area (Å²) in [5.41, 5.74) is -2.38. The van der Waals surface area contributed by atoms with E-state index in [-0.39, 0.29) is 71.4 Å². The molecule has 1 aromatic rings. The lowest BCUT2D eigenvalue weighted by Gasteiger charge is -2.37. The number of amides is 2. The van der Waals surface area contributed by atoms with E-state index >= 15 is 0 Å². The van der Waals surface area contributed by atoms with Gasteiger partial charge in [0.1, 0.15) is 23.2 Å². The molecular formula is C26H28ClF4N5O3. The van der Waals surface area contributed by atoms with Crippen molar-refractivity contribution in [1.29, 1.82) is 0 Å². The van der Waals surface area contributed by atoms with Crippen LogP contribution in [0, 0.1) is 5.41 Å². The molecule has 2 fully saturated rings. The molecule has 13 heteroatoms. The topological polar surface area (TPSA) is 89.3 Å². The Morgan fingerprint density at radius 2 is 1.92 bits per heavy atom. The molecule has 1 aromatic heterocycles. The van der Waals surface area contributed by atoms with Crippen LogP contribution in [-0.4, -0.2) is 84.0 Å². The van der Waals surface area contributed by atoms with Crippen LogP contribution < -0.4 is 4.90 Å². The van der Waals surface area contributed by atoms with Crippen molar-refractivity contribution in [2.75, 3.05) is 44.7 Å². The van der Waals surface area contributed by atoms with E-state index < -0.39 is 24.0 Å². The quantitative estimate of drug-likeness (QED) is 0.170. The summed E-state index contributed by atoms with van der Waals surface area (Å²) >= 11 is 6.53. The van der Waals surface area contributed by atoms with Gasteiger partial charge in [-0.1, -0.05) is 18.2 Å². The molecule has 1 saturated carbocycles. The molecular weight excluding hydrogens is 542 g/mol. The van der Waals surface area contributed by atoms with Crippen molar-refractivity contribution in [3.8, 4) is 0 Å². The molecule has 0 aromatic carbocycles. The van der Waals surface area contributed by atoms with Gasteiger partial charge in [-0.3, -0.25) is 19.5 Å². The van der Waals surface area contributed by atoms with E-state index in [1.165, 1.54) is 25.3 Å². The summed E-state index contributed by atoms with van der Waals surface area (Å²) in [7, 11) is 1.48. The zero-order chi connectivity index (χ0) is 28.5. The van der Waals surface area contributed by atoms with E-state index in [9.17, 15) is 32.3 Å². The molecule has 2 amide bonds. The number of hydrogen-bond donors (Lipinski definition) is 1. The summed E-state index contributed by atoms with van der Waals surface area (Å²) in [4.78, 5) is 37.2. The number of anilines is 1. The summed E-state index contributed by atoms with van der Waals surface area (Å²) in [5, 5.41) is 10.3. The first-order valence-corrected chi connectivity index (χ1v) is 12.7. The van der Waals surface area contributed by atoms with Gasteiger partial charge in [0.2, 0.25) is 12.3 Å². The lowest BCUT2D eigenvalue weighted by molar-refractivity contribution is -0.183. The highest BCUT2D eigenvalue weighted by molar-refractivity contribution is 6.33. The number of piperazine rings is 1. The molecule has 1 saturated heterocycles. The zero-order valence-corrected chi connectivity index (χ0v) is 22.0. The minimum atomic E-state index is -4.54. The average molecular weight is 570 g/mol. The van der Waals surface area contributed by atoms with Gasteiger partial charge in [-0.15, -0.1) is 0 Å². The number of allylic oxidation sites excluding steroid dienone is 4. The molecule has 1 N–H and O–H groups in total. The van der Waals surface area contributed by atoms with E-state index in [0.29, 0.717) is 32.0 Å². The molecule has 0 unspecified atom stereocenters. The lowest BCUT2D eigenvalue weighted by Crippen LogP contribution is -2.50. The maximum atomic E-state index is 14.8. The third-order valence-electron chi connectivity index (χ3n) is 7.27. The van der Waals surface area contributed by atoms with E-state index in [1.54, 1.807) is 9.80 Å². The average Bonchev–Trinajstić information content (AvgIpc) is 3.70. The number of aromatic nitrogens is 1. The fourth-order valence-electron chi connectivity index (χ4n) is 4.86. The summed E-state index contributed by atoms with van der Waals surface area (Å²) < 4.78 is 56.3. The number of aliphatic imine (C=N–C) groups is 1. The largest absolute Gasteiger partial charge is 0.511 e. The number of nitrogens with zero attached hydrogens (tertiary/aromatic N) is 5. The van der Waals surface area contributed by atoms with Crippen molar-refractivity contribution in [1.82, 2.24) is 14.8 Å². The maximum Gasteiger partial charge on any atom is 0.396 e. The predicted molar refractivity (Wildman–Crippen MR) is 139 cm³/mol. The van der Waals surface area contributed by atoms with Crippen molar-refractivity contribution in [2.45, 2.75) is 31.9 Å². The van der Waals surface area contributed by atoms with Crippen molar-refractivity contribution in [3.63, 3.8) is 0 Å². The minimum absolute atomic E-state index is 0.0785. The van der Waals surface area contributed by atoms with Gasteiger partial charge < -0.3 is 14.9 Å². The van der Waals surface area contributed by atoms with Crippen molar-refractivity contribution in [3.05, 3.63) is 52.7 Å². The van der Waals surface area contributed by atoms with E-state index in [1.807, 2.05) is 0 Å². The fourth-order valence-corrected chi connectivity index (χ4v) is 5.10. The molecule has 0 bridgehead atoms. The van der Waals surface area contributed by atoms with Gasteiger partial charge in [-0.05, 0) is 37.5 Å². The van der Waals surface area contributed by atoms with Crippen molar-refractivity contribution < 1.29 is 32.3 Å². The number of aliphatic hydroxyl groups is 1. The predicted octanol–water partition coefficient (Wildman–Crippen LogP) is 4.66. The second kappa shape index (κ2) is 11.0. The van der Waals surface area contributed by atoms with Gasteiger partial charge in [0.15, 0.2) is 0 Å². The minimum Gasteiger partial charge on any atom is -0.511 e. The Morgan fingerprint density at radius 1 is 1.28 bits per heavy atom. The Morgan fingerprint density at radius 3 is 2.44 bits per heavy atom. The van der Waals surface area contributed by atoms with Crippen LogP contribution in [0.15, 0.2) is 41.4 Å². The smallest absolute Gasteiger partial charge is 0.396 e. The Labute approximate surface area is 227 Å². The highest BCUT2D eigenvalue weighted by atomic mass is 35.5. The number of carbonyl (C=O) groups excluding carboxylic acids is 2. The van der Waals surface area contributed by atoms with Gasteiger partial charge in [0, 0.05) is 46.2 Å². The third kappa shape index (κ3) is 5.52. The van der Waals surface area contributed by atoms with Gasteiger partial charge in [0.25, 0.3) is 0 Å². The molecule has 1 aliphatic heterocycles. The van der Waals surface area contributed by atoms with Crippen LogP contribution in [-0.2, 0) is 9.59 Å². The SMILES string of the molecule is C=CC(=O)N1CCN(C(=NC)c2cc(Cl)c(C3=C(O)CCC=C3F)nc2N(C=O)CC2(C(F)(F)F)CC2)CC1. The monoisotopic (exact) mass is 569 g/mol. The molecule has 2 aliphatic carbocycles. The fraction of sp³-hybridized carbons (Fsp3) is 0.462. The van der Waals surface area contributed by atoms with Crippen LogP contribution in [0.2, 0.25) is 5.02 Å². The van der Waals surface area contributed by atoms with Crippen LogP contribution in [0.1, 0.15) is 36.9 Å². The second-order valence-corrected chi connectivity index (χ2v) is 10.1. The Balaban J connectivity index is 1.80. The lowest BCUT2D eigenvalue weighted by atomic mass is 9.99. The number of pyridine rings is 1. The summed E-state index contributed by atoms with van der Waals surface area (Å²) in [6.07, 6.45) is -1.73. The highest BCUT2D eigenvalue weighted by Crippen LogP contribution is 2.58. The van der Waals surface area contributed by atoms with Crippen LogP contribution >= 0.6 is 11.6 Å². The van der Waals surface area contributed by atoms with Gasteiger partial charge in [0.05, 0.1) is 27.3 Å². The Bertz CT molecular complexity index is 1260. The van der Waals surface area contributed by atoms with Gasteiger partial charge >= 0.3 is 6.18 Å². The number of carbonyl (C=O) groups is 2. The maximum absolute atomic E-state index is 14.8. The molecule has 0 spiro atoms. The molecule has 3 aliphatic rings. The van der Waals surface area contributed by atoms with E-state index in [4.69, 9.17) is 11.6 Å². The van der Waals surface area contributed by atoms with Crippen molar-refractivity contribution >= 4 is 41.1 Å². The first-order chi connectivity index (χ1) is 18.5. The number of halogens is 5. The van der Waals surface area contributed by atoms with Gasteiger partial charge in [-0.25, -0.2) is 9.37 Å². The molecule has 4 rings (SSSR count). The molecule has 39 heavy (non-hydrogen) atoms. The normalized spacial score (nSPS) is 19.5. The number of aliphatic hydroxyl groups excluding tert-OH is 1. The standard InChI is InChI=1S/C26H28ClF4N5O3/c1-3-20(39)34-9-11-35(12-10-34)23(32-2)16-13-17(27)22(21-18(28)5-4-6-19(21)38)33-24(16)36(15-37)14-25(7-8-25)26(29,30)31/h3,5,13,15,38H,1,4,6-12,14H2,2H3. The van der Waals surface area contributed by atoms with Crippen molar-refractivity contribution in [2.24, 2.45) is 10.4 Å². The highest BCUT2D eigenvalue weighted by Gasteiger charge is 2.64. The number of rotatable bonds is 7. The van der Waals surface area contributed by atoms with Crippen LogP contribution in [0.3, 0.4) is 0 Å². The number of amidine groups is 1. The van der Waals surface area contributed by atoms with Crippen LogP contribution in [0.5, 0.6) is 0 Å². The van der Waals surface area contributed by atoms with Gasteiger partial charge in [-0.2, -0.15) is 13.2 Å². The molecule has 2 heterocycles. The Hall–Kier alpha value is -3.41. The second-order valence-electron chi connectivity index (χ2n) is 9.68. The summed E-state index contributed by atoms with van der Waals surface area (Å²) in [6, 6.07) is 1.37. The number of alkyl halides is 3. The summed E-state index contributed by atoms with van der Waals surface area (Å²) in [6.45, 7) is 4.14. The first kappa shape index (κ1) is 28.6. The van der Waals surface area contributed by atoms with E-state index in [0.717, 1.165) is 4.90 Å². The zero-order valence-electron chi connectivity index (χ0n) is 21.3. The molecule has 0 radical (unpaired) electrons. The molecule has 210 valence electrons. The van der Waals surface area contributed by atoms with E-state index in [2.05, 4.69) is 16.6 Å². The number of hydrogen-bond acceptors (Lipinski definition) is 5. The third-order valence-corrected chi connectivity index (χ3v) is 7.56. The summed E-state index contributed by atoms with van der Waals surface area (Å²) in [5.74, 6) is -1.21.